The molecule has 4 heteroatoms. The van der Waals surface area contributed by atoms with Gasteiger partial charge in [-0.2, -0.15) is 0 Å². The molecule has 1 saturated heterocycles. The van der Waals surface area contributed by atoms with Gasteiger partial charge >= 0.3 is 0 Å². The summed E-state index contributed by atoms with van der Waals surface area (Å²) in [5, 5.41) is 7.47. The molecular weight excluding hydrogens is 250 g/mol. The van der Waals surface area contributed by atoms with Crippen molar-refractivity contribution in [2.45, 2.75) is 26.3 Å². The van der Waals surface area contributed by atoms with Gasteiger partial charge in [0.1, 0.15) is 5.84 Å². The van der Waals surface area contributed by atoms with Crippen molar-refractivity contribution in [1.82, 2.24) is 4.90 Å². The van der Waals surface area contributed by atoms with Crippen molar-refractivity contribution >= 4 is 5.84 Å². The SMILES string of the molecule is Cc1cc(C(=N)N)ccc1CN(C)CC1CCCOC1. The second-order valence-corrected chi connectivity index (χ2v) is 5.83. The molecule has 1 aliphatic heterocycles. The highest BCUT2D eigenvalue weighted by Crippen LogP contribution is 2.17. The summed E-state index contributed by atoms with van der Waals surface area (Å²) in [5.41, 5.74) is 8.82. The predicted molar refractivity (Wildman–Crippen MR) is 82.1 cm³/mol. The molecule has 0 amide bonds. The van der Waals surface area contributed by atoms with Gasteiger partial charge in [-0.05, 0) is 49.9 Å². The number of nitrogens with two attached hydrogens (primary N) is 1. The lowest BCUT2D eigenvalue weighted by atomic mass is 10.0. The van der Waals surface area contributed by atoms with Crippen LogP contribution in [0.25, 0.3) is 0 Å². The first-order valence-corrected chi connectivity index (χ1v) is 7.26. The van der Waals surface area contributed by atoms with Gasteiger partial charge < -0.3 is 15.4 Å². The zero-order valence-corrected chi connectivity index (χ0v) is 12.5. The van der Waals surface area contributed by atoms with Crippen LogP contribution in [0.1, 0.15) is 29.5 Å². The van der Waals surface area contributed by atoms with Crippen molar-refractivity contribution in [2.24, 2.45) is 11.7 Å². The number of nitrogen functional groups attached to an aromatic ring is 1. The van der Waals surface area contributed by atoms with E-state index in [1.165, 1.54) is 24.0 Å². The molecule has 4 nitrogen and oxygen atoms in total. The van der Waals surface area contributed by atoms with E-state index in [0.29, 0.717) is 5.92 Å². The van der Waals surface area contributed by atoms with E-state index >= 15 is 0 Å². The highest BCUT2D eigenvalue weighted by Gasteiger charge is 2.16. The van der Waals surface area contributed by atoms with Crippen molar-refractivity contribution in [3.05, 3.63) is 34.9 Å². The minimum atomic E-state index is 0.132. The Balaban J connectivity index is 1.93. The van der Waals surface area contributed by atoms with Crippen LogP contribution >= 0.6 is 0 Å². The first-order valence-electron chi connectivity index (χ1n) is 7.26. The Hall–Kier alpha value is -1.39. The maximum atomic E-state index is 7.47. The molecule has 0 spiro atoms. The normalized spacial score (nSPS) is 19.2. The fourth-order valence-electron chi connectivity index (χ4n) is 2.79. The summed E-state index contributed by atoms with van der Waals surface area (Å²) >= 11 is 0. The second-order valence-electron chi connectivity index (χ2n) is 5.83. The molecular formula is C16H25N3O. The summed E-state index contributed by atoms with van der Waals surface area (Å²) < 4.78 is 5.53. The standard InChI is InChI=1S/C16H25N3O/c1-12-8-14(16(17)18)5-6-15(12)10-19(2)9-13-4-3-7-20-11-13/h5-6,8,13H,3-4,7,9-11H2,1-2H3,(H3,17,18). The van der Waals surface area contributed by atoms with Crippen LogP contribution in [0.2, 0.25) is 0 Å². The molecule has 110 valence electrons. The van der Waals surface area contributed by atoms with Crippen LogP contribution in [0.3, 0.4) is 0 Å². The van der Waals surface area contributed by atoms with Gasteiger partial charge in [0.2, 0.25) is 0 Å². The molecule has 2 rings (SSSR count). The van der Waals surface area contributed by atoms with E-state index < -0.39 is 0 Å². The molecule has 1 aliphatic rings. The van der Waals surface area contributed by atoms with Gasteiger partial charge in [-0.1, -0.05) is 12.1 Å². The number of amidine groups is 1. The topological polar surface area (TPSA) is 62.3 Å². The molecule has 1 heterocycles. The number of nitrogens with zero attached hydrogens (tertiary/aromatic N) is 1. The monoisotopic (exact) mass is 275 g/mol. The van der Waals surface area contributed by atoms with Crippen LogP contribution < -0.4 is 5.73 Å². The summed E-state index contributed by atoms with van der Waals surface area (Å²) in [6.07, 6.45) is 2.46. The number of rotatable bonds is 5. The first-order chi connectivity index (χ1) is 9.56. The molecule has 0 aromatic heterocycles. The van der Waals surface area contributed by atoms with E-state index in [0.717, 1.165) is 31.9 Å². The lowest BCUT2D eigenvalue weighted by molar-refractivity contribution is 0.0411. The lowest BCUT2D eigenvalue weighted by Crippen LogP contribution is -2.30. The van der Waals surface area contributed by atoms with E-state index in [-0.39, 0.29) is 5.84 Å². The molecule has 0 radical (unpaired) electrons. The molecule has 1 fully saturated rings. The predicted octanol–water partition coefficient (Wildman–Crippen LogP) is 2.14. The van der Waals surface area contributed by atoms with Crippen LogP contribution in [0, 0.1) is 18.3 Å². The van der Waals surface area contributed by atoms with Crippen molar-refractivity contribution in [3.8, 4) is 0 Å². The average Bonchev–Trinajstić information content (AvgIpc) is 2.42. The maximum Gasteiger partial charge on any atom is 0.122 e. The number of nitrogens with one attached hydrogen (secondary N) is 1. The van der Waals surface area contributed by atoms with Gasteiger partial charge in [-0.15, -0.1) is 0 Å². The average molecular weight is 275 g/mol. The Bertz CT molecular complexity index is 467. The largest absolute Gasteiger partial charge is 0.384 e. The van der Waals surface area contributed by atoms with E-state index in [9.17, 15) is 0 Å². The van der Waals surface area contributed by atoms with Gasteiger partial charge in [0.25, 0.3) is 0 Å². The first kappa shape index (κ1) is 15.0. The molecule has 1 unspecified atom stereocenters. The van der Waals surface area contributed by atoms with Crippen molar-refractivity contribution in [2.75, 3.05) is 26.8 Å². The van der Waals surface area contributed by atoms with Crippen LogP contribution in [-0.2, 0) is 11.3 Å². The smallest absolute Gasteiger partial charge is 0.122 e. The number of aryl methyl sites for hydroxylation is 1. The fraction of sp³-hybridized carbons (Fsp3) is 0.562. The molecule has 1 atom stereocenters. The van der Waals surface area contributed by atoms with E-state index in [4.69, 9.17) is 15.9 Å². The van der Waals surface area contributed by atoms with E-state index in [1.807, 2.05) is 12.1 Å². The zero-order chi connectivity index (χ0) is 14.5. The minimum absolute atomic E-state index is 0.132. The highest BCUT2D eigenvalue weighted by molar-refractivity contribution is 5.95. The molecule has 0 saturated carbocycles. The fourth-order valence-corrected chi connectivity index (χ4v) is 2.79. The van der Waals surface area contributed by atoms with Crippen LogP contribution in [-0.4, -0.2) is 37.5 Å². The molecule has 1 aromatic carbocycles. The molecule has 0 aliphatic carbocycles. The summed E-state index contributed by atoms with van der Waals surface area (Å²) in [6.45, 7) is 5.91. The maximum absolute atomic E-state index is 7.47. The minimum Gasteiger partial charge on any atom is -0.384 e. The van der Waals surface area contributed by atoms with Gasteiger partial charge in [0.05, 0.1) is 6.61 Å². The summed E-state index contributed by atoms with van der Waals surface area (Å²) in [4.78, 5) is 2.36. The Morgan fingerprint density at radius 1 is 1.50 bits per heavy atom. The Morgan fingerprint density at radius 3 is 2.90 bits per heavy atom. The molecule has 3 N–H and O–H groups in total. The summed E-state index contributed by atoms with van der Waals surface area (Å²) in [5.74, 6) is 0.790. The van der Waals surface area contributed by atoms with Gasteiger partial charge in [0, 0.05) is 25.3 Å². The van der Waals surface area contributed by atoms with E-state index in [1.54, 1.807) is 0 Å². The van der Waals surface area contributed by atoms with Crippen LogP contribution in [0.4, 0.5) is 0 Å². The van der Waals surface area contributed by atoms with Gasteiger partial charge in [-0.25, -0.2) is 0 Å². The number of ether oxygens (including phenoxy) is 1. The molecule has 1 aromatic rings. The van der Waals surface area contributed by atoms with Gasteiger partial charge in [-0.3, -0.25) is 5.41 Å². The van der Waals surface area contributed by atoms with E-state index in [2.05, 4.69) is 24.9 Å². The summed E-state index contributed by atoms with van der Waals surface area (Å²) in [6, 6.07) is 6.01. The van der Waals surface area contributed by atoms with Crippen LogP contribution in [0.15, 0.2) is 18.2 Å². The van der Waals surface area contributed by atoms with Gasteiger partial charge in [0.15, 0.2) is 0 Å². The van der Waals surface area contributed by atoms with Crippen molar-refractivity contribution < 1.29 is 4.74 Å². The third-order valence-electron chi connectivity index (χ3n) is 3.92. The Kier molecular flexibility index (Phi) is 5.15. The quantitative estimate of drug-likeness (QED) is 0.639. The highest BCUT2D eigenvalue weighted by atomic mass is 16.5. The number of benzene rings is 1. The third-order valence-corrected chi connectivity index (χ3v) is 3.92. The van der Waals surface area contributed by atoms with Crippen molar-refractivity contribution in [1.29, 1.82) is 5.41 Å². The Morgan fingerprint density at radius 2 is 2.30 bits per heavy atom. The Labute approximate surface area is 121 Å². The second kappa shape index (κ2) is 6.86. The molecule has 0 bridgehead atoms. The summed E-state index contributed by atoms with van der Waals surface area (Å²) in [7, 11) is 2.16. The number of hydrogen-bond acceptors (Lipinski definition) is 3. The van der Waals surface area contributed by atoms with Crippen molar-refractivity contribution in [3.63, 3.8) is 0 Å². The zero-order valence-electron chi connectivity index (χ0n) is 12.5. The third kappa shape index (κ3) is 4.05. The number of hydrogen-bond donors (Lipinski definition) is 2. The molecule has 20 heavy (non-hydrogen) atoms. The lowest BCUT2D eigenvalue weighted by Gasteiger charge is -2.27. The van der Waals surface area contributed by atoms with Crippen LogP contribution in [0.5, 0.6) is 0 Å².